The summed E-state index contributed by atoms with van der Waals surface area (Å²) in [7, 11) is -4.16. The Morgan fingerprint density at radius 3 is 2.47 bits per heavy atom. The molecule has 1 aromatic heterocycles. The number of non-ortho nitro benzene ring substituents is 1. The van der Waals surface area contributed by atoms with Gasteiger partial charge in [-0.15, -0.1) is 0 Å². The summed E-state index contributed by atoms with van der Waals surface area (Å²) < 4.78 is 34.0. The van der Waals surface area contributed by atoms with Gasteiger partial charge in [-0.05, 0) is 38.1 Å². The lowest BCUT2D eigenvalue weighted by Gasteiger charge is -2.34. The van der Waals surface area contributed by atoms with E-state index in [-0.39, 0.29) is 41.6 Å². The number of fused-ring (bicyclic) bond motifs is 1. The third-order valence-electron chi connectivity index (χ3n) is 6.57. The van der Waals surface area contributed by atoms with Gasteiger partial charge in [0.05, 0.1) is 44.4 Å². The largest absolute Gasteiger partial charge is 0.373 e. The third kappa shape index (κ3) is 6.64. The molecule has 1 aliphatic heterocycles. The van der Waals surface area contributed by atoms with Gasteiger partial charge >= 0.3 is 0 Å². The van der Waals surface area contributed by atoms with Crippen molar-refractivity contribution >= 4 is 56.0 Å². The molecule has 1 saturated heterocycles. The number of morpholine rings is 1. The molecule has 1 N–H and O–H groups in total. The first-order chi connectivity index (χ1) is 20.5. The first-order valence-electron chi connectivity index (χ1n) is 13.1. The zero-order valence-electron chi connectivity index (χ0n) is 23.0. The molecule has 5 rings (SSSR count). The average Bonchev–Trinajstić information content (AvgIpc) is 2.97. The number of hydrogen-bond acceptors (Lipinski definition) is 11. The fraction of sp³-hybridized carbons (Fsp3) is 0.214. The number of anilines is 1. The van der Waals surface area contributed by atoms with E-state index in [1.807, 2.05) is 30.3 Å². The summed E-state index contributed by atoms with van der Waals surface area (Å²) in [5.41, 5.74) is 3.23. The SMILES string of the molecule is C[C@@H]1CN(S(=O)(=O)c2cc([N+](=O)[O-])ccc2N/N=C\c2ccc(Sc3cccc4cccnc34)c([N+](=O)[O-])c2)C[C@H](C)O1. The standard InChI is InChI=1S/C28H26N6O7S2/c1-18-16-32(17-19(2)41-18)43(39,40)27-14-22(33(35)36)9-10-23(27)31-30-15-20-8-11-25(24(13-20)34(37)38)42-26-7-3-5-21-6-4-12-29-28(21)26/h3-15,18-19,31H,16-17H2,1-2H3/b30-15-/t18-,19+. The van der Waals surface area contributed by atoms with Crippen LogP contribution in [0.15, 0.2) is 92.7 Å². The maximum Gasteiger partial charge on any atom is 0.283 e. The highest BCUT2D eigenvalue weighted by Gasteiger charge is 2.34. The Kier molecular flexibility index (Phi) is 8.68. The Morgan fingerprint density at radius 2 is 1.74 bits per heavy atom. The van der Waals surface area contributed by atoms with Gasteiger partial charge < -0.3 is 4.74 Å². The number of aromatic nitrogens is 1. The van der Waals surface area contributed by atoms with Crippen molar-refractivity contribution in [3.05, 3.63) is 98.7 Å². The first-order valence-corrected chi connectivity index (χ1v) is 15.3. The number of rotatable bonds is 9. The number of ether oxygens (including phenoxy) is 1. The number of nitro groups is 2. The van der Waals surface area contributed by atoms with E-state index in [0.29, 0.717) is 10.5 Å². The van der Waals surface area contributed by atoms with E-state index in [1.165, 1.54) is 40.5 Å². The highest BCUT2D eigenvalue weighted by atomic mass is 32.2. The van der Waals surface area contributed by atoms with E-state index in [9.17, 15) is 28.6 Å². The van der Waals surface area contributed by atoms with E-state index < -0.39 is 25.6 Å². The highest BCUT2D eigenvalue weighted by molar-refractivity contribution is 7.99. The van der Waals surface area contributed by atoms with Crippen LogP contribution in [0.5, 0.6) is 0 Å². The summed E-state index contributed by atoms with van der Waals surface area (Å²) in [5.74, 6) is 0. The van der Waals surface area contributed by atoms with Crippen LogP contribution in [0.1, 0.15) is 19.4 Å². The monoisotopic (exact) mass is 622 g/mol. The lowest BCUT2D eigenvalue weighted by molar-refractivity contribution is -0.387. The topological polar surface area (TPSA) is 170 Å². The molecule has 0 bridgehead atoms. The maximum atomic E-state index is 13.6. The van der Waals surface area contributed by atoms with Crippen molar-refractivity contribution in [3.8, 4) is 0 Å². The second-order valence-electron chi connectivity index (χ2n) is 9.80. The second kappa shape index (κ2) is 12.4. The molecule has 13 nitrogen and oxygen atoms in total. The number of benzene rings is 3. The molecule has 3 aromatic carbocycles. The number of nitrogens with zero attached hydrogens (tertiary/aromatic N) is 5. The van der Waals surface area contributed by atoms with Crippen molar-refractivity contribution in [2.75, 3.05) is 18.5 Å². The fourth-order valence-corrected chi connectivity index (χ4v) is 7.47. The van der Waals surface area contributed by atoms with Gasteiger partial charge in [-0.3, -0.25) is 30.6 Å². The summed E-state index contributed by atoms with van der Waals surface area (Å²) >= 11 is 1.22. The predicted octanol–water partition coefficient (Wildman–Crippen LogP) is 5.45. The fourth-order valence-electron chi connectivity index (χ4n) is 4.69. The molecule has 0 radical (unpaired) electrons. The third-order valence-corrected chi connectivity index (χ3v) is 9.56. The van der Waals surface area contributed by atoms with E-state index in [4.69, 9.17) is 4.74 Å². The van der Waals surface area contributed by atoms with Crippen molar-refractivity contribution in [2.24, 2.45) is 5.10 Å². The van der Waals surface area contributed by atoms with Crippen molar-refractivity contribution in [1.29, 1.82) is 0 Å². The minimum atomic E-state index is -4.16. The molecule has 43 heavy (non-hydrogen) atoms. The van der Waals surface area contributed by atoms with Gasteiger partial charge in [0.2, 0.25) is 10.0 Å². The number of nitro benzene ring substituents is 2. The van der Waals surface area contributed by atoms with Crippen LogP contribution in [0, 0.1) is 20.2 Å². The van der Waals surface area contributed by atoms with E-state index in [1.54, 1.807) is 32.2 Å². The Morgan fingerprint density at radius 1 is 1.00 bits per heavy atom. The Labute approximate surface area is 250 Å². The molecule has 0 aliphatic carbocycles. The molecule has 0 amide bonds. The highest BCUT2D eigenvalue weighted by Crippen LogP contribution is 2.38. The molecule has 4 aromatic rings. The van der Waals surface area contributed by atoms with Gasteiger partial charge in [-0.25, -0.2) is 8.42 Å². The summed E-state index contributed by atoms with van der Waals surface area (Å²) in [6.45, 7) is 3.66. The summed E-state index contributed by atoms with van der Waals surface area (Å²) in [6, 6.07) is 17.4. The quantitative estimate of drug-likeness (QED) is 0.144. The molecule has 0 unspecified atom stereocenters. The number of hydrazone groups is 1. The minimum absolute atomic E-state index is 0.0128. The summed E-state index contributed by atoms with van der Waals surface area (Å²) in [5, 5.41) is 28.4. The van der Waals surface area contributed by atoms with E-state index >= 15 is 0 Å². The zero-order chi connectivity index (χ0) is 30.7. The molecular weight excluding hydrogens is 596 g/mol. The summed E-state index contributed by atoms with van der Waals surface area (Å²) in [4.78, 5) is 27.5. The molecule has 1 fully saturated rings. The first kappa shape index (κ1) is 30.0. The second-order valence-corrected chi connectivity index (χ2v) is 12.8. The zero-order valence-corrected chi connectivity index (χ0v) is 24.6. The molecular formula is C28H26N6O7S2. The van der Waals surface area contributed by atoms with Crippen LogP contribution in [-0.4, -0.2) is 59.1 Å². The van der Waals surface area contributed by atoms with Gasteiger partial charge in [0.1, 0.15) is 4.90 Å². The molecule has 15 heteroatoms. The molecule has 0 saturated carbocycles. The van der Waals surface area contributed by atoms with Crippen LogP contribution in [0.4, 0.5) is 17.1 Å². The van der Waals surface area contributed by atoms with Crippen LogP contribution in [0.25, 0.3) is 10.9 Å². The average molecular weight is 623 g/mol. The lowest BCUT2D eigenvalue weighted by atomic mass is 10.2. The minimum Gasteiger partial charge on any atom is -0.373 e. The number of sulfonamides is 1. The van der Waals surface area contributed by atoms with Crippen LogP contribution in [-0.2, 0) is 14.8 Å². The summed E-state index contributed by atoms with van der Waals surface area (Å²) in [6.07, 6.45) is 2.25. The van der Waals surface area contributed by atoms with Gasteiger partial charge in [0.15, 0.2) is 0 Å². The smallest absolute Gasteiger partial charge is 0.283 e. The Hall–Kier alpha value is -4.44. The Balaban J connectivity index is 1.42. The van der Waals surface area contributed by atoms with Crippen LogP contribution < -0.4 is 5.43 Å². The predicted molar refractivity (Wildman–Crippen MR) is 162 cm³/mol. The van der Waals surface area contributed by atoms with Crippen molar-refractivity contribution in [2.45, 2.75) is 40.7 Å². The van der Waals surface area contributed by atoms with Gasteiger partial charge in [-0.2, -0.15) is 9.41 Å². The number of nitrogens with one attached hydrogen (secondary N) is 1. The van der Waals surface area contributed by atoms with Crippen LogP contribution >= 0.6 is 11.8 Å². The Bertz CT molecular complexity index is 1840. The van der Waals surface area contributed by atoms with E-state index in [2.05, 4.69) is 15.5 Å². The van der Waals surface area contributed by atoms with Crippen molar-refractivity contribution < 1.29 is 23.0 Å². The lowest BCUT2D eigenvalue weighted by Crippen LogP contribution is -2.48. The van der Waals surface area contributed by atoms with Crippen molar-refractivity contribution in [1.82, 2.24) is 9.29 Å². The molecule has 1 aliphatic rings. The molecule has 2 atom stereocenters. The van der Waals surface area contributed by atoms with Crippen LogP contribution in [0.3, 0.4) is 0 Å². The normalized spacial score (nSPS) is 17.7. The molecule has 0 spiro atoms. The van der Waals surface area contributed by atoms with Gasteiger partial charge in [0, 0.05) is 53.3 Å². The molecule has 222 valence electrons. The van der Waals surface area contributed by atoms with Gasteiger partial charge in [-0.1, -0.05) is 36.0 Å². The number of pyridine rings is 1. The maximum absolute atomic E-state index is 13.6. The number of para-hydroxylation sites is 1. The van der Waals surface area contributed by atoms with Gasteiger partial charge in [0.25, 0.3) is 11.4 Å². The van der Waals surface area contributed by atoms with Crippen molar-refractivity contribution in [3.63, 3.8) is 0 Å². The molecule has 2 heterocycles. The number of hydrogen-bond donors (Lipinski definition) is 1. The van der Waals surface area contributed by atoms with Crippen LogP contribution in [0.2, 0.25) is 0 Å². The van der Waals surface area contributed by atoms with E-state index in [0.717, 1.165) is 21.9 Å².